The Labute approximate surface area is 182 Å². The van der Waals surface area contributed by atoms with E-state index in [0.29, 0.717) is 18.2 Å². The number of fused-ring (bicyclic) bond motifs is 1. The number of carbonyl (C=O) groups excluding carboxylic acids is 1. The Hall–Kier alpha value is -2.79. The topological polar surface area (TPSA) is 46.3 Å². The van der Waals surface area contributed by atoms with Crippen molar-refractivity contribution in [3.63, 3.8) is 0 Å². The molecule has 2 heterocycles. The second-order valence-corrected chi connectivity index (χ2v) is 8.76. The van der Waals surface area contributed by atoms with Crippen molar-refractivity contribution in [1.29, 1.82) is 0 Å². The molecule has 1 aromatic heterocycles. The first-order valence-electron chi connectivity index (χ1n) is 11.2. The van der Waals surface area contributed by atoms with Gasteiger partial charge >= 0.3 is 0 Å². The minimum Gasteiger partial charge on any atom is -0.444 e. The van der Waals surface area contributed by atoms with Crippen LogP contribution >= 0.6 is 0 Å². The van der Waals surface area contributed by atoms with E-state index in [1.165, 1.54) is 36.1 Å². The van der Waals surface area contributed by atoms with Gasteiger partial charge in [-0.2, -0.15) is 0 Å². The maximum Gasteiger partial charge on any atom is 0.226 e. The third-order valence-electron chi connectivity index (χ3n) is 6.62. The quantitative estimate of drug-likeness (QED) is 0.517. The molecule has 0 spiro atoms. The third-order valence-corrected chi connectivity index (χ3v) is 6.62. The van der Waals surface area contributed by atoms with Crippen molar-refractivity contribution in [1.82, 2.24) is 9.88 Å². The average Bonchev–Trinajstić information content (AvgIpc) is 3.27. The number of likely N-dealkylation sites (tertiary alicyclic amines) is 1. The Morgan fingerprint density at radius 1 is 1.03 bits per heavy atom. The third kappa shape index (κ3) is 4.47. The first-order valence-corrected chi connectivity index (χ1v) is 11.2. The van der Waals surface area contributed by atoms with Crippen molar-refractivity contribution < 1.29 is 13.6 Å². The van der Waals surface area contributed by atoms with Gasteiger partial charge in [0.1, 0.15) is 12.1 Å². The molecule has 2 aliphatic rings. The van der Waals surface area contributed by atoms with Gasteiger partial charge in [-0.25, -0.2) is 9.37 Å². The monoisotopic (exact) mass is 418 g/mol. The number of benzene rings is 2. The number of carbonyl (C=O) groups is 1. The smallest absolute Gasteiger partial charge is 0.226 e. The number of hydrogen-bond acceptors (Lipinski definition) is 4. The van der Waals surface area contributed by atoms with Crippen molar-refractivity contribution in [2.45, 2.75) is 45.1 Å². The summed E-state index contributed by atoms with van der Waals surface area (Å²) in [5, 5.41) is 0. The molecule has 1 saturated heterocycles. The fourth-order valence-electron chi connectivity index (χ4n) is 4.81. The summed E-state index contributed by atoms with van der Waals surface area (Å²) in [7, 11) is 0. The van der Waals surface area contributed by atoms with Gasteiger partial charge in [0, 0.05) is 23.6 Å². The average molecular weight is 419 g/mol. The summed E-state index contributed by atoms with van der Waals surface area (Å²) >= 11 is 0. The van der Waals surface area contributed by atoms with Crippen LogP contribution in [0.5, 0.6) is 0 Å². The molecule has 3 aromatic rings. The van der Waals surface area contributed by atoms with Gasteiger partial charge < -0.3 is 4.42 Å². The van der Waals surface area contributed by atoms with Crippen molar-refractivity contribution in [3.8, 4) is 11.5 Å². The van der Waals surface area contributed by atoms with Gasteiger partial charge in [-0.05, 0) is 93.1 Å². The second kappa shape index (κ2) is 8.75. The van der Waals surface area contributed by atoms with Crippen LogP contribution in [0.1, 0.15) is 52.9 Å². The molecule has 5 rings (SSSR count). The summed E-state index contributed by atoms with van der Waals surface area (Å²) < 4.78 is 18.7. The molecule has 0 unspecified atom stereocenters. The van der Waals surface area contributed by atoms with Gasteiger partial charge in [0.2, 0.25) is 5.89 Å². The highest BCUT2D eigenvalue weighted by molar-refractivity contribution is 5.98. The summed E-state index contributed by atoms with van der Waals surface area (Å²) in [5.41, 5.74) is 5.31. The van der Waals surface area contributed by atoms with Crippen LogP contribution in [-0.4, -0.2) is 28.8 Å². The van der Waals surface area contributed by atoms with E-state index in [9.17, 15) is 9.18 Å². The molecule has 2 aromatic carbocycles. The summed E-state index contributed by atoms with van der Waals surface area (Å²) in [4.78, 5) is 19.9. The molecule has 0 radical (unpaired) electrons. The first kappa shape index (κ1) is 20.1. The van der Waals surface area contributed by atoms with Crippen LogP contribution in [0.15, 0.2) is 53.1 Å². The van der Waals surface area contributed by atoms with Crippen LogP contribution in [0.2, 0.25) is 0 Å². The second-order valence-electron chi connectivity index (χ2n) is 8.76. The molecule has 0 saturated carbocycles. The largest absolute Gasteiger partial charge is 0.444 e. The lowest BCUT2D eigenvalue weighted by Gasteiger charge is -2.30. The van der Waals surface area contributed by atoms with Gasteiger partial charge in [0.25, 0.3) is 0 Å². The zero-order valence-electron chi connectivity index (χ0n) is 17.6. The molecule has 0 amide bonds. The van der Waals surface area contributed by atoms with Gasteiger partial charge in [-0.1, -0.05) is 12.1 Å². The zero-order valence-corrected chi connectivity index (χ0v) is 17.6. The van der Waals surface area contributed by atoms with Crippen molar-refractivity contribution in [3.05, 3.63) is 76.9 Å². The molecule has 0 N–H and O–H groups in total. The predicted molar refractivity (Wildman–Crippen MR) is 117 cm³/mol. The Morgan fingerprint density at radius 3 is 2.55 bits per heavy atom. The molecule has 5 heteroatoms. The first-order chi connectivity index (χ1) is 15.2. The zero-order chi connectivity index (χ0) is 21.2. The number of ketones is 1. The molecule has 1 fully saturated rings. The van der Waals surface area contributed by atoms with E-state index in [-0.39, 0.29) is 11.7 Å². The molecular weight excluding hydrogens is 391 g/mol. The number of halogens is 1. The standard InChI is InChI=1S/C26H27FN2O2/c27-23-9-7-20(8-10-23)26-28-24(17-31-26)16-29-13-11-19(12-14-29)25(30)22-6-5-18-3-1-2-4-21(18)15-22/h5-10,15,17,19H,1-4,11-14,16H2. The van der Waals surface area contributed by atoms with E-state index in [4.69, 9.17) is 4.42 Å². The fourth-order valence-corrected chi connectivity index (χ4v) is 4.81. The Kier molecular flexibility index (Phi) is 5.68. The summed E-state index contributed by atoms with van der Waals surface area (Å²) in [6, 6.07) is 12.5. The lowest BCUT2D eigenvalue weighted by Crippen LogP contribution is -2.36. The molecule has 160 valence electrons. The van der Waals surface area contributed by atoms with Crippen LogP contribution in [0, 0.1) is 11.7 Å². The molecule has 4 nitrogen and oxygen atoms in total. The SMILES string of the molecule is O=C(c1ccc2c(c1)CCCC2)C1CCN(Cc2coc(-c3ccc(F)cc3)n2)CC1. The fraction of sp³-hybridized carbons (Fsp3) is 0.385. The highest BCUT2D eigenvalue weighted by Gasteiger charge is 2.27. The Morgan fingerprint density at radius 2 is 1.77 bits per heavy atom. The number of piperidine rings is 1. The highest BCUT2D eigenvalue weighted by Crippen LogP contribution is 2.27. The molecule has 31 heavy (non-hydrogen) atoms. The molecule has 1 aliphatic carbocycles. The Bertz CT molecular complexity index is 1070. The van der Waals surface area contributed by atoms with Gasteiger partial charge in [-0.15, -0.1) is 0 Å². The van der Waals surface area contributed by atoms with Crippen molar-refractivity contribution in [2.24, 2.45) is 5.92 Å². The number of aryl methyl sites for hydroxylation is 2. The molecule has 1 aliphatic heterocycles. The van der Waals surface area contributed by atoms with Crippen LogP contribution < -0.4 is 0 Å². The van der Waals surface area contributed by atoms with Crippen molar-refractivity contribution >= 4 is 5.78 Å². The van der Waals surface area contributed by atoms with Gasteiger partial charge in [-0.3, -0.25) is 9.69 Å². The van der Waals surface area contributed by atoms with Crippen LogP contribution in [0.3, 0.4) is 0 Å². The molecule has 0 atom stereocenters. The van der Waals surface area contributed by atoms with Gasteiger partial charge in [0.15, 0.2) is 5.78 Å². The van der Waals surface area contributed by atoms with E-state index in [1.54, 1.807) is 18.4 Å². The minimum absolute atomic E-state index is 0.102. The number of oxazole rings is 1. The maximum atomic E-state index is 13.1. The molecular formula is C26H27FN2O2. The lowest BCUT2D eigenvalue weighted by molar-refractivity contribution is 0.0833. The summed E-state index contributed by atoms with van der Waals surface area (Å²) in [6.07, 6.45) is 8.16. The highest BCUT2D eigenvalue weighted by atomic mass is 19.1. The van der Waals surface area contributed by atoms with Crippen LogP contribution in [0.25, 0.3) is 11.5 Å². The van der Waals surface area contributed by atoms with E-state index >= 15 is 0 Å². The van der Waals surface area contributed by atoms with E-state index < -0.39 is 0 Å². The van der Waals surface area contributed by atoms with Gasteiger partial charge in [0.05, 0.1) is 5.69 Å². The summed E-state index contributed by atoms with van der Waals surface area (Å²) in [5.74, 6) is 0.633. The van der Waals surface area contributed by atoms with Crippen LogP contribution in [-0.2, 0) is 19.4 Å². The van der Waals surface area contributed by atoms with E-state index in [1.807, 2.05) is 6.07 Å². The minimum atomic E-state index is -0.275. The number of hydrogen-bond donors (Lipinski definition) is 0. The van der Waals surface area contributed by atoms with E-state index in [2.05, 4.69) is 22.0 Å². The molecule has 0 bridgehead atoms. The predicted octanol–water partition coefficient (Wildman–Crippen LogP) is 5.45. The Balaban J connectivity index is 1.17. The van der Waals surface area contributed by atoms with Crippen molar-refractivity contribution in [2.75, 3.05) is 13.1 Å². The number of nitrogens with zero attached hydrogens (tertiary/aromatic N) is 2. The lowest BCUT2D eigenvalue weighted by atomic mass is 9.85. The normalized spacial score (nSPS) is 17.5. The maximum absolute atomic E-state index is 13.1. The summed E-state index contributed by atoms with van der Waals surface area (Å²) in [6.45, 7) is 2.45. The van der Waals surface area contributed by atoms with E-state index in [0.717, 1.165) is 55.6 Å². The number of Topliss-reactive ketones (excluding diaryl/α,β-unsaturated/α-hetero) is 1. The van der Waals surface area contributed by atoms with Crippen LogP contribution in [0.4, 0.5) is 4.39 Å². The number of rotatable bonds is 5. The number of aromatic nitrogens is 1.